The summed E-state index contributed by atoms with van der Waals surface area (Å²) in [5, 5.41) is 3.92. The molecule has 2 aromatic heterocycles. The number of rotatable bonds is 9. The number of hydrogen-bond donors (Lipinski definition) is 0. The number of amides is 1. The van der Waals surface area contributed by atoms with Crippen LogP contribution in [-0.2, 0) is 28.6 Å². The van der Waals surface area contributed by atoms with Crippen molar-refractivity contribution in [2.75, 3.05) is 44.3 Å². The van der Waals surface area contributed by atoms with Crippen molar-refractivity contribution >= 4 is 26.2 Å². The Labute approximate surface area is 232 Å². The molecule has 17 heteroatoms. The first-order valence-electron chi connectivity index (χ1n) is 12.5. The SMILES string of the molecule is C[Si](C)(C)CCOCn1nc(/C=C/COC(=O)N2CCN(c3ncc(C(F)(F)F)cn3)CC2)cc(C(F)(F)F)c1=O. The molecule has 0 atom stereocenters. The third kappa shape index (κ3) is 9.55. The number of aromatic nitrogens is 4. The highest BCUT2D eigenvalue weighted by Crippen LogP contribution is 2.29. The molecule has 2 aromatic rings. The van der Waals surface area contributed by atoms with Crippen LogP contribution in [-0.4, -0.2) is 78.2 Å². The van der Waals surface area contributed by atoms with Gasteiger partial charge in [0, 0.05) is 53.3 Å². The number of hydrogen-bond acceptors (Lipinski definition) is 8. The number of ether oxygens (including phenoxy) is 2. The zero-order valence-electron chi connectivity index (χ0n) is 22.6. The second-order valence-electron chi connectivity index (χ2n) is 10.4. The Morgan fingerprint density at radius 2 is 1.66 bits per heavy atom. The Morgan fingerprint density at radius 3 is 2.22 bits per heavy atom. The normalized spacial score (nSPS) is 15.0. The summed E-state index contributed by atoms with van der Waals surface area (Å²) in [6.07, 6.45) is -6.28. The van der Waals surface area contributed by atoms with Crippen molar-refractivity contribution in [2.24, 2.45) is 0 Å². The molecule has 0 unspecified atom stereocenters. The average molecular weight is 609 g/mol. The molecule has 1 aliphatic heterocycles. The quantitative estimate of drug-likeness (QED) is 0.235. The zero-order valence-corrected chi connectivity index (χ0v) is 23.6. The van der Waals surface area contributed by atoms with Gasteiger partial charge in [0.25, 0.3) is 5.56 Å². The fourth-order valence-corrected chi connectivity index (χ4v) is 4.32. The maximum atomic E-state index is 13.4. The summed E-state index contributed by atoms with van der Waals surface area (Å²) in [6, 6.07) is 1.37. The van der Waals surface area contributed by atoms with Crippen LogP contribution in [0.3, 0.4) is 0 Å². The molecule has 1 fully saturated rings. The number of piperazine rings is 1. The van der Waals surface area contributed by atoms with E-state index in [1.54, 1.807) is 4.90 Å². The maximum absolute atomic E-state index is 13.4. The van der Waals surface area contributed by atoms with Crippen molar-refractivity contribution in [1.82, 2.24) is 24.6 Å². The van der Waals surface area contributed by atoms with E-state index in [1.807, 2.05) is 0 Å². The first kappa shape index (κ1) is 32.0. The van der Waals surface area contributed by atoms with Crippen molar-refractivity contribution in [3.05, 3.63) is 51.7 Å². The minimum atomic E-state index is -4.90. The van der Waals surface area contributed by atoms with Crippen LogP contribution in [0.2, 0.25) is 25.7 Å². The second-order valence-corrected chi connectivity index (χ2v) is 16.0. The largest absolute Gasteiger partial charge is 0.445 e. The minimum Gasteiger partial charge on any atom is -0.445 e. The summed E-state index contributed by atoms with van der Waals surface area (Å²) in [5.74, 6) is 0.0995. The van der Waals surface area contributed by atoms with E-state index in [0.717, 1.165) is 6.04 Å². The molecular weight excluding hydrogens is 578 g/mol. The van der Waals surface area contributed by atoms with Crippen molar-refractivity contribution in [1.29, 1.82) is 0 Å². The molecular formula is C24H30F6N6O4Si. The molecule has 0 aromatic carbocycles. The first-order chi connectivity index (χ1) is 19.0. The number of alkyl halides is 6. The van der Waals surface area contributed by atoms with Crippen LogP contribution in [0.15, 0.2) is 29.3 Å². The summed E-state index contributed by atoms with van der Waals surface area (Å²) in [7, 11) is -1.44. The molecule has 0 N–H and O–H groups in total. The van der Waals surface area contributed by atoms with Crippen LogP contribution in [0, 0.1) is 0 Å². The smallest absolute Gasteiger partial charge is 0.421 e. The van der Waals surface area contributed by atoms with Gasteiger partial charge in [0.15, 0.2) is 0 Å². The standard InChI is InChI=1S/C24H30F6N6O4Si/c1-41(2,3)12-11-39-16-36-20(37)19(24(28,29)30)13-18(33-36)5-4-10-40-22(38)35-8-6-34(7-9-35)21-31-14-17(15-32-21)23(25,26)27/h4-5,13-15H,6-12,16H2,1-3H3/b5-4+. The van der Waals surface area contributed by atoms with Gasteiger partial charge >= 0.3 is 18.4 Å². The van der Waals surface area contributed by atoms with E-state index in [-0.39, 0.29) is 51.0 Å². The van der Waals surface area contributed by atoms with Gasteiger partial charge in [-0.3, -0.25) is 4.79 Å². The summed E-state index contributed by atoms with van der Waals surface area (Å²) in [4.78, 5) is 35.1. The Bertz CT molecular complexity index is 1270. The van der Waals surface area contributed by atoms with Crippen molar-refractivity contribution < 1.29 is 40.6 Å². The average Bonchev–Trinajstić information content (AvgIpc) is 2.88. The maximum Gasteiger partial charge on any atom is 0.421 e. The first-order valence-corrected chi connectivity index (χ1v) is 16.2. The fraction of sp³-hybridized carbons (Fsp3) is 0.542. The highest BCUT2D eigenvalue weighted by Gasteiger charge is 2.35. The van der Waals surface area contributed by atoms with Gasteiger partial charge in [-0.2, -0.15) is 31.4 Å². The molecule has 10 nitrogen and oxygen atoms in total. The van der Waals surface area contributed by atoms with Crippen molar-refractivity contribution in [3.8, 4) is 0 Å². The van der Waals surface area contributed by atoms with E-state index in [2.05, 4.69) is 34.7 Å². The van der Waals surface area contributed by atoms with Crippen LogP contribution in [0.25, 0.3) is 6.08 Å². The predicted molar refractivity (Wildman–Crippen MR) is 139 cm³/mol. The van der Waals surface area contributed by atoms with Crippen LogP contribution in [0.5, 0.6) is 0 Å². The molecule has 0 saturated carbocycles. The van der Waals surface area contributed by atoms with E-state index in [0.29, 0.717) is 23.1 Å². The molecule has 0 aliphatic carbocycles. The van der Waals surface area contributed by atoms with E-state index >= 15 is 0 Å². The van der Waals surface area contributed by atoms with Crippen LogP contribution >= 0.6 is 0 Å². The van der Waals surface area contributed by atoms with E-state index in [1.165, 1.54) is 17.1 Å². The molecule has 226 valence electrons. The van der Waals surface area contributed by atoms with Crippen LogP contribution in [0.1, 0.15) is 16.8 Å². The topological polar surface area (TPSA) is 103 Å². The predicted octanol–water partition coefficient (Wildman–Crippen LogP) is 4.36. The number of carbonyl (C=O) groups excluding carboxylic acids is 1. The molecule has 0 bridgehead atoms. The molecule has 0 radical (unpaired) electrons. The van der Waals surface area contributed by atoms with Gasteiger partial charge < -0.3 is 19.3 Å². The summed E-state index contributed by atoms with van der Waals surface area (Å²) >= 11 is 0. The number of carbonyl (C=O) groups is 1. The van der Waals surface area contributed by atoms with Crippen molar-refractivity contribution in [3.63, 3.8) is 0 Å². The summed E-state index contributed by atoms with van der Waals surface area (Å²) in [6.45, 7) is 6.77. The summed E-state index contributed by atoms with van der Waals surface area (Å²) < 4.78 is 89.5. The number of halogens is 6. The zero-order chi connectivity index (χ0) is 30.4. The lowest BCUT2D eigenvalue weighted by atomic mass is 10.2. The lowest BCUT2D eigenvalue weighted by Crippen LogP contribution is -2.49. The monoisotopic (exact) mass is 608 g/mol. The van der Waals surface area contributed by atoms with Crippen LogP contribution < -0.4 is 10.5 Å². The third-order valence-electron chi connectivity index (χ3n) is 5.89. The Balaban J connectivity index is 1.54. The van der Waals surface area contributed by atoms with Crippen molar-refractivity contribution in [2.45, 2.75) is 44.8 Å². The molecule has 1 amide bonds. The Hall–Kier alpha value is -3.47. The Morgan fingerprint density at radius 1 is 1.02 bits per heavy atom. The van der Waals surface area contributed by atoms with Gasteiger partial charge in [-0.1, -0.05) is 19.6 Å². The van der Waals surface area contributed by atoms with Gasteiger partial charge in [-0.15, -0.1) is 0 Å². The van der Waals surface area contributed by atoms with Crippen LogP contribution in [0.4, 0.5) is 37.1 Å². The lowest BCUT2D eigenvalue weighted by Gasteiger charge is -2.34. The van der Waals surface area contributed by atoms with E-state index < -0.39 is 49.9 Å². The van der Waals surface area contributed by atoms with Gasteiger partial charge in [-0.05, 0) is 24.3 Å². The molecule has 0 spiro atoms. The van der Waals surface area contributed by atoms with E-state index in [9.17, 15) is 35.9 Å². The molecule has 41 heavy (non-hydrogen) atoms. The minimum absolute atomic E-state index is 0.0995. The molecule has 1 saturated heterocycles. The molecule has 3 heterocycles. The second kappa shape index (κ2) is 13.0. The third-order valence-corrected chi connectivity index (χ3v) is 7.59. The lowest BCUT2D eigenvalue weighted by molar-refractivity contribution is -0.139. The Kier molecular flexibility index (Phi) is 10.2. The highest BCUT2D eigenvalue weighted by atomic mass is 28.3. The highest BCUT2D eigenvalue weighted by molar-refractivity contribution is 6.76. The van der Waals surface area contributed by atoms with Gasteiger partial charge in [-0.25, -0.2) is 19.4 Å². The van der Waals surface area contributed by atoms with Gasteiger partial charge in [0.1, 0.15) is 18.9 Å². The molecule has 1 aliphatic rings. The number of anilines is 1. The molecule has 3 rings (SSSR count). The van der Waals surface area contributed by atoms with Gasteiger partial charge in [0.05, 0.1) is 11.3 Å². The van der Waals surface area contributed by atoms with E-state index in [4.69, 9.17) is 9.47 Å². The summed E-state index contributed by atoms with van der Waals surface area (Å²) in [5.41, 5.74) is -3.86. The van der Waals surface area contributed by atoms with Gasteiger partial charge in [0.2, 0.25) is 5.95 Å². The fourth-order valence-electron chi connectivity index (χ4n) is 3.56. The number of nitrogens with zero attached hydrogens (tertiary/aromatic N) is 6.